The van der Waals surface area contributed by atoms with Gasteiger partial charge in [0.05, 0.1) is 19.6 Å². The Morgan fingerprint density at radius 2 is 0.944 bits per heavy atom. The van der Waals surface area contributed by atoms with Crippen LogP contribution in [-0.4, -0.2) is 9.85 Å². The van der Waals surface area contributed by atoms with E-state index in [1.807, 2.05) is 60.7 Å². The highest BCUT2D eigenvalue weighted by atomic mass is 33.1. The van der Waals surface area contributed by atoms with E-state index in [9.17, 15) is 20.2 Å². The van der Waals surface area contributed by atoms with Gasteiger partial charge in [-0.25, -0.2) is 0 Å². The molecule has 0 N–H and O–H groups in total. The highest BCUT2D eigenvalue weighted by Gasteiger charge is 2.23. The molecular weight excluding hydrogens is 500 g/mol. The zero-order valence-electron chi connectivity index (χ0n) is 18.8. The number of hydrogen-bond donors (Lipinski definition) is 0. The lowest BCUT2D eigenvalue weighted by molar-refractivity contribution is -0.386. The molecule has 0 fully saturated rings. The molecule has 0 aliphatic heterocycles. The van der Waals surface area contributed by atoms with Gasteiger partial charge in [0.1, 0.15) is 13.2 Å². The summed E-state index contributed by atoms with van der Waals surface area (Å²) in [6.45, 7) is 0.318. The van der Waals surface area contributed by atoms with Crippen LogP contribution in [0.5, 0.6) is 11.5 Å². The third-order valence-corrected chi connectivity index (χ3v) is 7.40. The quantitative estimate of drug-likeness (QED) is 0.114. The molecule has 4 aromatic carbocycles. The maximum Gasteiger partial charge on any atom is 0.312 e. The summed E-state index contributed by atoms with van der Waals surface area (Å²) < 4.78 is 11.8. The first-order valence-corrected chi connectivity index (χ1v) is 12.9. The Bertz CT molecular complexity index is 1250. The Balaban J connectivity index is 1.59. The van der Waals surface area contributed by atoms with Crippen molar-refractivity contribution in [2.75, 3.05) is 0 Å². The van der Waals surface area contributed by atoms with Crippen molar-refractivity contribution in [1.82, 2.24) is 0 Å². The van der Waals surface area contributed by atoms with Crippen LogP contribution in [0.2, 0.25) is 0 Å². The number of hydrogen-bond acceptors (Lipinski definition) is 8. The van der Waals surface area contributed by atoms with Crippen LogP contribution in [0, 0.1) is 20.2 Å². The van der Waals surface area contributed by atoms with Gasteiger partial charge in [-0.3, -0.25) is 20.2 Å². The summed E-state index contributed by atoms with van der Waals surface area (Å²) in [7, 11) is 2.42. The van der Waals surface area contributed by atoms with E-state index in [1.165, 1.54) is 33.7 Å². The molecule has 10 heteroatoms. The smallest absolute Gasteiger partial charge is 0.312 e. The second kappa shape index (κ2) is 12.1. The zero-order chi connectivity index (χ0) is 25.3. The summed E-state index contributed by atoms with van der Waals surface area (Å²) in [5.41, 5.74) is 1.43. The van der Waals surface area contributed by atoms with Crippen LogP contribution in [0.4, 0.5) is 11.4 Å². The van der Waals surface area contributed by atoms with Gasteiger partial charge >= 0.3 is 11.4 Å². The molecule has 0 unspecified atom stereocenters. The largest absolute Gasteiger partial charge is 0.481 e. The van der Waals surface area contributed by atoms with Crippen molar-refractivity contribution in [2.45, 2.75) is 23.0 Å². The van der Waals surface area contributed by atoms with Crippen molar-refractivity contribution in [3.05, 3.63) is 128 Å². The first kappa shape index (κ1) is 25.1. The number of para-hydroxylation sites is 2. The van der Waals surface area contributed by atoms with E-state index in [0.717, 1.165) is 11.1 Å². The predicted octanol–water partition coefficient (Wildman–Crippen LogP) is 7.46. The molecule has 0 radical (unpaired) electrons. The minimum absolute atomic E-state index is 0.140. The Morgan fingerprint density at radius 3 is 1.31 bits per heavy atom. The van der Waals surface area contributed by atoms with Crippen LogP contribution in [0.15, 0.2) is 107 Å². The summed E-state index contributed by atoms with van der Waals surface area (Å²) >= 11 is 0. The molecule has 4 rings (SSSR count). The molecule has 0 amide bonds. The maximum atomic E-state index is 11.7. The van der Waals surface area contributed by atoms with Crippen molar-refractivity contribution >= 4 is 33.0 Å². The summed E-state index contributed by atoms with van der Waals surface area (Å²) in [6.07, 6.45) is 0. The van der Waals surface area contributed by atoms with Crippen LogP contribution < -0.4 is 9.47 Å². The van der Waals surface area contributed by atoms with E-state index in [-0.39, 0.29) is 36.1 Å². The Morgan fingerprint density at radius 1 is 0.556 bits per heavy atom. The fourth-order valence-corrected chi connectivity index (χ4v) is 5.52. The first-order valence-electron chi connectivity index (χ1n) is 10.8. The van der Waals surface area contributed by atoms with Crippen LogP contribution in [0.25, 0.3) is 0 Å². The summed E-state index contributed by atoms with van der Waals surface area (Å²) in [4.78, 5) is 23.4. The second-order valence-corrected chi connectivity index (χ2v) is 9.65. The minimum Gasteiger partial charge on any atom is -0.481 e. The van der Waals surface area contributed by atoms with Crippen molar-refractivity contribution in [2.24, 2.45) is 0 Å². The van der Waals surface area contributed by atoms with Crippen molar-refractivity contribution in [3.63, 3.8) is 0 Å². The molecule has 0 aliphatic carbocycles. The number of ether oxygens (including phenoxy) is 2. The van der Waals surface area contributed by atoms with E-state index in [1.54, 1.807) is 24.3 Å². The van der Waals surface area contributed by atoms with E-state index in [2.05, 4.69) is 0 Å². The highest BCUT2D eigenvalue weighted by molar-refractivity contribution is 8.76. The molecule has 0 heterocycles. The third kappa shape index (κ3) is 6.35. The van der Waals surface area contributed by atoms with Gasteiger partial charge in [0.2, 0.25) is 11.5 Å². The molecule has 8 nitrogen and oxygen atoms in total. The van der Waals surface area contributed by atoms with Crippen molar-refractivity contribution in [1.29, 1.82) is 0 Å². The maximum absolute atomic E-state index is 11.7. The zero-order valence-corrected chi connectivity index (χ0v) is 20.4. The van der Waals surface area contributed by atoms with Crippen LogP contribution in [0.1, 0.15) is 11.1 Å². The van der Waals surface area contributed by atoms with Crippen LogP contribution in [-0.2, 0) is 13.2 Å². The molecule has 0 atom stereocenters. The van der Waals surface area contributed by atoms with Crippen molar-refractivity contribution < 1.29 is 19.3 Å². The fraction of sp³-hybridized carbons (Fsp3) is 0.0769. The molecule has 0 bridgehead atoms. The summed E-state index contributed by atoms with van der Waals surface area (Å²) in [6, 6.07) is 28.1. The Labute approximate surface area is 215 Å². The molecule has 182 valence electrons. The molecule has 0 aliphatic rings. The SMILES string of the molecule is O=[N+]([O-])c1cccc(SSc2cccc([N+](=O)[O-])c2OCc2ccccc2)c1OCc1ccccc1. The summed E-state index contributed by atoms with van der Waals surface area (Å²) in [5.74, 6) is 0.280. The van der Waals surface area contributed by atoms with E-state index >= 15 is 0 Å². The number of nitro groups is 2. The van der Waals surface area contributed by atoms with E-state index < -0.39 is 9.85 Å². The lowest BCUT2D eigenvalue weighted by Gasteiger charge is -2.13. The fourth-order valence-electron chi connectivity index (χ4n) is 3.27. The summed E-state index contributed by atoms with van der Waals surface area (Å²) in [5, 5.41) is 23.3. The first-order chi connectivity index (χ1) is 17.5. The van der Waals surface area contributed by atoms with Gasteiger partial charge in [-0.15, -0.1) is 0 Å². The van der Waals surface area contributed by atoms with Gasteiger partial charge in [-0.05, 0) is 44.8 Å². The number of benzene rings is 4. The van der Waals surface area contributed by atoms with Gasteiger partial charge in [0.15, 0.2) is 0 Å². The monoisotopic (exact) mass is 520 g/mol. The van der Waals surface area contributed by atoms with Gasteiger partial charge in [-0.2, -0.15) is 0 Å². The molecule has 0 spiro atoms. The highest BCUT2D eigenvalue weighted by Crippen LogP contribution is 2.49. The van der Waals surface area contributed by atoms with Gasteiger partial charge in [0.25, 0.3) is 0 Å². The predicted molar refractivity (Wildman–Crippen MR) is 139 cm³/mol. The second-order valence-electron chi connectivity index (χ2n) is 7.44. The lowest BCUT2D eigenvalue weighted by Crippen LogP contribution is -2.01. The number of nitro benzene ring substituents is 2. The Kier molecular flexibility index (Phi) is 8.43. The molecule has 0 aromatic heterocycles. The van der Waals surface area contributed by atoms with Gasteiger partial charge in [0, 0.05) is 12.1 Å². The normalized spacial score (nSPS) is 10.6. The Hall–Kier alpha value is -4.02. The third-order valence-electron chi connectivity index (χ3n) is 4.98. The average molecular weight is 521 g/mol. The molecular formula is C26H20N2O6S2. The van der Waals surface area contributed by atoms with Crippen molar-refractivity contribution in [3.8, 4) is 11.5 Å². The number of nitrogens with zero attached hydrogens (tertiary/aromatic N) is 2. The van der Waals surface area contributed by atoms with E-state index in [4.69, 9.17) is 9.47 Å². The standard InChI is InChI=1S/C26H20N2O6S2/c29-27(30)21-13-7-15-23(25(21)33-17-19-9-3-1-4-10-19)35-36-24-16-8-14-22(28(31)32)26(24)34-18-20-11-5-2-6-12-20/h1-16H,17-18H2. The van der Waals surface area contributed by atoms with Crippen LogP contribution >= 0.6 is 21.6 Å². The van der Waals surface area contributed by atoms with Crippen LogP contribution in [0.3, 0.4) is 0 Å². The van der Waals surface area contributed by atoms with E-state index in [0.29, 0.717) is 9.79 Å². The average Bonchev–Trinajstić information content (AvgIpc) is 2.90. The number of rotatable bonds is 11. The topological polar surface area (TPSA) is 105 Å². The molecule has 0 saturated heterocycles. The lowest BCUT2D eigenvalue weighted by atomic mass is 10.2. The molecule has 36 heavy (non-hydrogen) atoms. The van der Waals surface area contributed by atoms with Gasteiger partial charge in [-0.1, -0.05) is 72.8 Å². The molecule has 0 saturated carbocycles. The minimum atomic E-state index is -0.489. The molecule has 4 aromatic rings. The van der Waals surface area contributed by atoms with Gasteiger partial charge < -0.3 is 9.47 Å².